The first kappa shape index (κ1) is 13.1. The molecule has 1 aliphatic heterocycles. The lowest BCUT2D eigenvalue weighted by atomic mass is 10.0. The summed E-state index contributed by atoms with van der Waals surface area (Å²) in [6.45, 7) is 6.20. The molecular weight excluding hydrogens is 234 g/mol. The van der Waals surface area contributed by atoms with Crippen LogP contribution in [0.3, 0.4) is 0 Å². The molecule has 1 aromatic heterocycles. The molecule has 0 aromatic carbocycles. The minimum atomic E-state index is -0.785. The van der Waals surface area contributed by atoms with Crippen LogP contribution in [0.1, 0.15) is 18.2 Å². The van der Waals surface area contributed by atoms with Crippen LogP contribution < -0.4 is 0 Å². The Labute approximate surface area is 106 Å². The lowest BCUT2D eigenvalue weighted by Gasteiger charge is -2.28. The predicted molar refractivity (Wildman–Crippen MR) is 65.3 cm³/mol. The number of aliphatic carboxylic acids is 1. The number of ether oxygens (including phenoxy) is 1. The van der Waals surface area contributed by atoms with Gasteiger partial charge in [-0.1, -0.05) is 6.92 Å². The summed E-state index contributed by atoms with van der Waals surface area (Å²) in [6, 6.07) is 1.85. The van der Waals surface area contributed by atoms with E-state index in [0.717, 1.165) is 17.9 Å². The first-order valence-corrected chi connectivity index (χ1v) is 6.21. The van der Waals surface area contributed by atoms with Crippen LogP contribution in [-0.2, 0) is 16.1 Å². The van der Waals surface area contributed by atoms with Gasteiger partial charge in [-0.05, 0) is 25.1 Å². The molecule has 1 aliphatic rings. The summed E-state index contributed by atoms with van der Waals surface area (Å²) >= 11 is 0. The summed E-state index contributed by atoms with van der Waals surface area (Å²) in [5.74, 6) is -0.333. The van der Waals surface area contributed by atoms with Crippen molar-refractivity contribution in [1.29, 1.82) is 0 Å². The first-order chi connectivity index (χ1) is 8.63. The van der Waals surface area contributed by atoms with Crippen LogP contribution in [0.2, 0.25) is 0 Å². The maximum Gasteiger partial charge on any atom is 0.310 e. The maximum absolute atomic E-state index is 11.2. The number of aryl methyl sites for hydroxylation is 1. The summed E-state index contributed by atoms with van der Waals surface area (Å²) < 4.78 is 10.7. The van der Waals surface area contributed by atoms with Crippen LogP contribution in [0.15, 0.2) is 16.7 Å². The monoisotopic (exact) mass is 253 g/mol. The van der Waals surface area contributed by atoms with Gasteiger partial charge in [0.05, 0.1) is 31.9 Å². The molecule has 2 atom stereocenters. The van der Waals surface area contributed by atoms with Crippen molar-refractivity contribution in [2.75, 3.05) is 19.8 Å². The molecule has 100 valence electrons. The molecule has 2 heterocycles. The number of nitrogens with zero attached hydrogens (tertiary/aromatic N) is 1. The van der Waals surface area contributed by atoms with Crippen molar-refractivity contribution < 1.29 is 19.1 Å². The molecule has 0 bridgehead atoms. The average molecular weight is 253 g/mol. The Morgan fingerprint density at radius 3 is 2.89 bits per heavy atom. The standard InChI is InChI=1S/C13H19NO4/c1-3-14(6-12-9(2)4-5-18-12)11-8-17-7-10(11)13(15)16/h4-5,10-11H,3,6-8H2,1-2H3,(H,15,16). The normalized spacial score (nSPS) is 23.7. The third kappa shape index (κ3) is 2.57. The predicted octanol–water partition coefficient (Wildman–Crippen LogP) is 1.51. The Hall–Kier alpha value is -1.33. The van der Waals surface area contributed by atoms with Crippen LogP contribution in [0.5, 0.6) is 0 Å². The second-order valence-electron chi connectivity index (χ2n) is 4.64. The van der Waals surface area contributed by atoms with Crippen LogP contribution in [0.25, 0.3) is 0 Å². The van der Waals surface area contributed by atoms with Gasteiger partial charge in [0.25, 0.3) is 0 Å². The van der Waals surface area contributed by atoms with Crippen molar-refractivity contribution in [1.82, 2.24) is 4.90 Å². The summed E-state index contributed by atoms with van der Waals surface area (Å²) in [5.41, 5.74) is 1.10. The molecule has 1 aromatic rings. The molecule has 1 N–H and O–H groups in total. The van der Waals surface area contributed by atoms with Crippen LogP contribution in [-0.4, -0.2) is 41.8 Å². The van der Waals surface area contributed by atoms with Gasteiger partial charge in [0.1, 0.15) is 5.76 Å². The fraction of sp³-hybridized carbons (Fsp3) is 0.615. The van der Waals surface area contributed by atoms with Gasteiger partial charge in [-0.2, -0.15) is 0 Å². The lowest BCUT2D eigenvalue weighted by molar-refractivity contribution is -0.143. The Balaban J connectivity index is 2.09. The van der Waals surface area contributed by atoms with E-state index in [-0.39, 0.29) is 6.04 Å². The molecule has 0 radical (unpaired) electrons. The number of hydrogen-bond acceptors (Lipinski definition) is 4. The van der Waals surface area contributed by atoms with Gasteiger partial charge >= 0.3 is 5.97 Å². The molecule has 0 spiro atoms. The number of carbonyl (C=O) groups is 1. The Morgan fingerprint density at radius 1 is 1.56 bits per heavy atom. The Bertz CT molecular complexity index is 415. The molecule has 0 aliphatic carbocycles. The summed E-state index contributed by atoms with van der Waals surface area (Å²) in [5, 5.41) is 9.18. The molecule has 1 fully saturated rings. The number of furan rings is 1. The molecule has 5 heteroatoms. The van der Waals surface area contributed by atoms with Gasteiger partial charge in [-0.25, -0.2) is 0 Å². The largest absolute Gasteiger partial charge is 0.481 e. The van der Waals surface area contributed by atoms with E-state index in [1.807, 2.05) is 19.9 Å². The minimum absolute atomic E-state index is 0.0722. The van der Waals surface area contributed by atoms with Crippen molar-refractivity contribution >= 4 is 5.97 Å². The zero-order valence-corrected chi connectivity index (χ0v) is 10.8. The molecular formula is C13H19NO4. The van der Waals surface area contributed by atoms with Crippen molar-refractivity contribution in [3.8, 4) is 0 Å². The third-order valence-electron chi connectivity index (χ3n) is 3.56. The molecule has 1 saturated heterocycles. The topological polar surface area (TPSA) is 62.9 Å². The van der Waals surface area contributed by atoms with Gasteiger partial charge in [0.15, 0.2) is 0 Å². The molecule has 0 amide bonds. The molecule has 2 unspecified atom stereocenters. The van der Waals surface area contributed by atoms with E-state index in [2.05, 4.69) is 4.90 Å². The lowest BCUT2D eigenvalue weighted by Crippen LogP contribution is -2.42. The van der Waals surface area contributed by atoms with Crippen LogP contribution in [0, 0.1) is 12.8 Å². The maximum atomic E-state index is 11.2. The van der Waals surface area contributed by atoms with Crippen molar-refractivity contribution in [3.63, 3.8) is 0 Å². The third-order valence-corrected chi connectivity index (χ3v) is 3.56. The Kier molecular flexibility index (Phi) is 4.04. The number of likely N-dealkylation sites (N-methyl/N-ethyl adjacent to an activating group) is 1. The fourth-order valence-corrected chi connectivity index (χ4v) is 2.35. The van der Waals surface area contributed by atoms with E-state index in [4.69, 9.17) is 9.15 Å². The highest BCUT2D eigenvalue weighted by molar-refractivity contribution is 5.71. The van der Waals surface area contributed by atoms with Crippen molar-refractivity contribution in [2.24, 2.45) is 5.92 Å². The fourth-order valence-electron chi connectivity index (χ4n) is 2.35. The number of carboxylic acids is 1. The highest BCUT2D eigenvalue weighted by Gasteiger charge is 2.37. The van der Waals surface area contributed by atoms with Gasteiger partial charge in [0.2, 0.25) is 0 Å². The second kappa shape index (κ2) is 5.54. The molecule has 18 heavy (non-hydrogen) atoms. The second-order valence-corrected chi connectivity index (χ2v) is 4.64. The smallest absolute Gasteiger partial charge is 0.310 e. The summed E-state index contributed by atoms with van der Waals surface area (Å²) in [6.07, 6.45) is 1.67. The molecule has 5 nitrogen and oxygen atoms in total. The molecule has 2 rings (SSSR count). The van der Waals surface area contributed by atoms with E-state index in [1.165, 1.54) is 0 Å². The quantitative estimate of drug-likeness (QED) is 0.861. The number of carboxylic acid groups (broad SMARTS) is 1. The first-order valence-electron chi connectivity index (χ1n) is 6.21. The van der Waals surface area contributed by atoms with Gasteiger partial charge in [-0.15, -0.1) is 0 Å². The number of rotatable bonds is 5. The van der Waals surface area contributed by atoms with E-state index in [0.29, 0.717) is 19.8 Å². The molecule has 0 saturated carbocycles. The average Bonchev–Trinajstić information content (AvgIpc) is 2.95. The zero-order valence-electron chi connectivity index (χ0n) is 10.8. The van der Waals surface area contributed by atoms with E-state index < -0.39 is 11.9 Å². The van der Waals surface area contributed by atoms with E-state index in [1.54, 1.807) is 6.26 Å². The summed E-state index contributed by atoms with van der Waals surface area (Å²) in [7, 11) is 0. The van der Waals surface area contributed by atoms with Crippen molar-refractivity contribution in [2.45, 2.75) is 26.4 Å². The van der Waals surface area contributed by atoms with E-state index >= 15 is 0 Å². The highest BCUT2D eigenvalue weighted by Crippen LogP contribution is 2.23. The van der Waals surface area contributed by atoms with Gasteiger partial charge in [0, 0.05) is 6.04 Å². The highest BCUT2D eigenvalue weighted by atomic mass is 16.5. The van der Waals surface area contributed by atoms with Gasteiger partial charge < -0.3 is 14.3 Å². The zero-order chi connectivity index (χ0) is 13.1. The Morgan fingerprint density at radius 2 is 2.33 bits per heavy atom. The van der Waals surface area contributed by atoms with Crippen LogP contribution in [0.4, 0.5) is 0 Å². The summed E-state index contributed by atoms with van der Waals surface area (Å²) in [4.78, 5) is 13.3. The van der Waals surface area contributed by atoms with E-state index in [9.17, 15) is 9.90 Å². The van der Waals surface area contributed by atoms with Crippen molar-refractivity contribution in [3.05, 3.63) is 23.7 Å². The van der Waals surface area contributed by atoms with Crippen LogP contribution >= 0.6 is 0 Å². The SMILES string of the molecule is CCN(Cc1occc1C)C1COCC1C(=O)O. The minimum Gasteiger partial charge on any atom is -0.481 e. The van der Waals surface area contributed by atoms with Gasteiger partial charge in [-0.3, -0.25) is 9.69 Å². The number of hydrogen-bond donors (Lipinski definition) is 1.